The minimum atomic E-state index is 0.441. The van der Waals surface area contributed by atoms with Gasteiger partial charge in [-0.1, -0.05) is 6.08 Å². The number of nitrogens with zero attached hydrogens (tertiary/aromatic N) is 3. The smallest absolute Gasteiger partial charge is 0.125 e. The highest BCUT2D eigenvalue weighted by molar-refractivity contribution is 7.19. The molecule has 1 aliphatic heterocycles. The Morgan fingerprint density at radius 3 is 2.89 bits per heavy atom. The highest BCUT2D eigenvalue weighted by Gasteiger charge is 2.27. The minimum absolute atomic E-state index is 0.441. The second-order valence-corrected chi connectivity index (χ2v) is 9.39. The third-order valence-electron chi connectivity index (χ3n) is 5.46. The molecule has 4 heterocycles. The topological polar surface area (TPSA) is 41.0 Å². The number of hydrogen-bond acceptors (Lipinski definition) is 6. The van der Waals surface area contributed by atoms with E-state index in [4.69, 9.17) is 0 Å². The van der Waals surface area contributed by atoms with Crippen LogP contribution in [0.15, 0.2) is 48.1 Å². The first-order valence-corrected chi connectivity index (χ1v) is 11.2. The molecule has 0 bridgehead atoms. The van der Waals surface area contributed by atoms with Gasteiger partial charge in [-0.15, -0.1) is 22.7 Å². The van der Waals surface area contributed by atoms with Crippen molar-refractivity contribution in [3.05, 3.63) is 53.0 Å². The van der Waals surface area contributed by atoms with Crippen LogP contribution in [-0.4, -0.2) is 33.5 Å². The summed E-state index contributed by atoms with van der Waals surface area (Å²) in [6, 6.07) is 11.7. The van der Waals surface area contributed by atoms with E-state index in [0.29, 0.717) is 12.1 Å². The molecule has 0 radical (unpaired) electrons. The van der Waals surface area contributed by atoms with Crippen LogP contribution in [0.4, 0.5) is 11.4 Å². The summed E-state index contributed by atoms with van der Waals surface area (Å²) < 4.78 is 1.21. The van der Waals surface area contributed by atoms with Crippen LogP contribution >= 0.6 is 22.7 Å². The van der Waals surface area contributed by atoms with Gasteiger partial charge in [0, 0.05) is 40.8 Å². The normalized spacial score (nSPS) is 17.7. The van der Waals surface area contributed by atoms with Crippen LogP contribution in [0.3, 0.4) is 0 Å². The molecule has 0 fully saturated rings. The van der Waals surface area contributed by atoms with Gasteiger partial charge in [0.15, 0.2) is 0 Å². The van der Waals surface area contributed by atoms with Gasteiger partial charge in [-0.2, -0.15) is 0 Å². The van der Waals surface area contributed by atoms with Gasteiger partial charge < -0.3 is 5.32 Å². The number of aromatic nitrogens is 2. The summed E-state index contributed by atoms with van der Waals surface area (Å²) in [6.45, 7) is 7.86. The monoisotopic (exact) mass is 406 g/mol. The molecule has 4 nitrogen and oxygen atoms in total. The van der Waals surface area contributed by atoms with Crippen molar-refractivity contribution >= 4 is 60.1 Å². The first kappa shape index (κ1) is 17.8. The van der Waals surface area contributed by atoms with Gasteiger partial charge in [-0.3, -0.25) is 4.90 Å². The molecule has 1 atom stereocenters. The quantitative estimate of drug-likeness (QED) is 0.441. The molecule has 28 heavy (non-hydrogen) atoms. The summed E-state index contributed by atoms with van der Waals surface area (Å²) in [5, 5.41) is 4.75. The summed E-state index contributed by atoms with van der Waals surface area (Å²) in [5.74, 6) is 0. The zero-order chi connectivity index (χ0) is 19.3. The lowest BCUT2D eigenvalue weighted by Crippen LogP contribution is -2.35. The predicted octanol–water partition coefficient (Wildman–Crippen LogP) is 6.15. The molecule has 142 valence electrons. The second-order valence-electron chi connectivity index (χ2n) is 7.47. The molecule has 4 aromatic rings. The largest absolute Gasteiger partial charge is 0.355 e. The van der Waals surface area contributed by atoms with Gasteiger partial charge in [0.1, 0.15) is 4.83 Å². The third-order valence-corrected chi connectivity index (χ3v) is 7.36. The molecule has 1 N–H and O–H groups in total. The highest BCUT2D eigenvalue weighted by atomic mass is 32.1. The Labute approximate surface area is 172 Å². The van der Waals surface area contributed by atoms with Gasteiger partial charge in [0.05, 0.1) is 21.4 Å². The highest BCUT2D eigenvalue weighted by Crippen LogP contribution is 2.38. The molecule has 1 aromatic carbocycles. The summed E-state index contributed by atoms with van der Waals surface area (Å²) in [7, 11) is 0. The lowest BCUT2D eigenvalue weighted by atomic mass is 10.1. The minimum Gasteiger partial charge on any atom is -0.355 e. The summed E-state index contributed by atoms with van der Waals surface area (Å²) in [4.78, 5) is 14.0. The molecule has 6 heteroatoms. The summed E-state index contributed by atoms with van der Waals surface area (Å²) in [5.41, 5.74) is 6.49. The van der Waals surface area contributed by atoms with E-state index >= 15 is 0 Å². The molecule has 0 spiro atoms. The van der Waals surface area contributed by atoms with Crippen LogP contribution in [0.25, 0.3) is 26.0 Å². The van der Waals surface area contributed by atoms with Crippen molar-refractivity contribution in [2.45, 2.75) is 32.9 Å². The van der Waals surface area contributed by atoms with Gasteiger partial charge in [0.2, 0.25) is 0 Å². The molecule has 0 aliphatic carbocycles. The number of benzene rings is 1. The molecular weight excluding hydrogens is 384 g/mol. The average molecular weight is 407 g/mol. The first-order chi connectivity index (χ1) is 13.6. The first-order valence-electron chi connectivity index (χ1n) is 9.55. The van der Waals surface area contributed by atoms with Crippen LogP contribution in [0.5, 0.6) is 0 Å². The Kier molecular flexibility index (Phi) is 4.42. The summed E-state index contributed by atoms with van der Waals surface area (Å²) >= 11 is 3.45. The van der Waals surface area contributed by atoms with E-state index in [2.05, 4.69) is 77.4 Å². The van der Waals surface area contributed by atoms with Crippen molar-refractivity contribution in [3.63, 3.8) is 0 Å². The van der Waals surface area contributed by atoms with E-state index in [1.807, 2.05) is 11.7 Å². The molecule has 5 rings (SSSR count). The Balaban J connectivity index is 1.49. The maximum absolute atomic E-state index is 4.62. The van der Waals surface area contributed by atoms with E-state index < -0.39 is 0 Å². The Hall–Kier alpha value is -2.28. The Morgan fingerprint density at radius 2 is 2.07 bits per heavy atom. The van der Waals surface area contributed by atoms with E-state index in [1.165, 1.54) is 20.5 Å². The van der Waals surface area contributed by atoms with Crippen molar-refractivity contribution in [2.24, 2.45) is 0 Å². The molecule has 0 saturated carbocycles. The number of rotatable bonds is 4. The van der Waals surface area contributed by atoms with Gasteiger partial charge in [-0.25, -0.2) is 9.97 Å². The fourth-order valence-electron chi connectivity index (χ4n) is 3.96. The molecule has 0 saturated heterocycles. The maximum Gasteiger partial charge on any atom is 0.125 e. The SMILES string of the molecule is CC(C)N1CC=C(c2cc3c(Nc4ccc5scnc5c4)ccnc3s2)C1C. The zero-order valence-electron chi connectivity index (χ0n) is 16.1. The van der Waals surface area contributed by atoms with Crippen LogP contribution in [0.2, 0.25) is 0 Å². The number of hydrogen-bond donors (Lipinski definition) is 1. The van der Waals surface area contributed by atoms with Crippen LogP contribution in [0.1, 0.15) is 25.6 Å². The number of thiophene rings is 1. The predicted molar refractivity (Wildman–Crippen MR) is 122 cm³/mol. The number of anilines is 2. The number of fused-ring (bicyclic) bond motifs is 2. The lowest BCUT2D eigenvalue weighted by Gasteiger charge is -2.27. The van der Waals surface area contributed by atoms with Crippen LogP contribution in [-0.2, 0) is 0 Å². The number of nitrogens with one attached hydrogen (secondary N) is 1. The second kappa shape index (κ2) is 6.95. The van der Waals surface area contributed by atoms with Crippen molar-refractivity contribution in [1.29, 1.82) is 0 Å². The number of thiazole rings is 1. The van der Waals surface area contributed by atoms with E-state index in [0.717, 1.165) is 28.3 Å². The fourth-order valence-corrected chi connectivity index (χ4v) is 5.77. The number of pyridine rings is 1. The summed E-state index contributed by atoms with van der Waals surface area (Å²) in [6.07, 6.45) is 4.26. The van der Waals surface area contributed by atoms with Crippen molar-refractivity contribution < 1.29 is 0 Å². The zero-order valence-corrected chi connectivity index (χ0v) is 17.8. The van der Waals surface area contributed by atoms with E-state index in [9.17, 15) is 0 Å². The average Bonchev–Trinajstić information content (AvgIpc) is 3.38. The van der Waals surface area contributed by atoms with Gasteiger partial charge >= 0.3 is 0 Å². The third kappa shape index (κ3) is 3.02. The standard InChI is InChI=1S/C22H22N4S2/c1-13(2)26-9-7-16(14(26)3)21-11-17-18(6-8-23-22(17)28-21)25-15-4-5-20-19(10-15)24-12-27-20/h4-8,10-14H,9H2,1-3H3,(H,23,25). The lowest BCUT2D eigenvalue weighted by molar-refractivity contribution is 0.235. The molecular formula is C22H22N4S2. The fraction of sp³-hybridized carbons (Fsp3) is 0.273. The molecule has 1 unspecified atom stereocenters. The van der Waals surface area contributed by atoms with E-state index in [1.54, 1.807) is 22.7 Å². The van der Waals surface area contributed by atoms with E-state index in [-0.39, 0.29) is 0 Å². The molecule has 1 aliphatic rings. The van der Waals surface area contributed by atoms with Crippen LogP contribution < -0.4 is 5.32 Å². The van der Waals surface area contributed by atoms with Gasteiger partial charge in [-0.05, 0) is 56.7 Å². The van der Waals surface area contributed by atoms with Crippen molar-refractivity contribution in [1.82, 2.24) is 14.9 Å². The molecule has 0 amide bonds. The maximum atomic E-state index is 4.62. The Morgan fingerprint density at radius 1 is 1.18 bits per heavy atom. The van der Waals surface area contributed by atoms with Crippen molar-refractivity contribution in [3.8, 4) is 0 Å². The van der Waals surface area contributed by atoms with Gasteiger partial charge in [0.25, 0.3) is 0 Å². The molecule has 3 aromatic heterocycles. The van der Waals surface area contributed by atoms with Crippen LogP contribution in [0, 0.1) is 0 Å². The van der Waals surface area contributed by atoms with Crippen molar-refractivity contribution in [2.75, 3.05) is 11.9 Å². The Bertz CT molecular complexity index is 1190.